The van der Waals surface area contributed by atoms with Gasteiger partial charge in [-0.25, -0.2) is 0 Å². The highest BCUT2D eigenvalue weighted by Crippen LogP contribution is 1.83. The van der Waals surface area contributed by atoms with E-state index >= 15 is 0 Å². The maximum atomic E-state index is 9.97. The molecule has 0 amide bonds. The Hall–Kier alpha value is -1.52. The minimum atomic E-state index is -1.77. The molecule has 0 aliphatic carbocycles. The highest BCUT2D eigenvalue weighted by molar-refractivity contribution is 6.77. The van der Waals surface area contributed by atoms with Gasteiger partial charge >= 0.3 is 9.04 Å². The zero-order valence-electron chi connectivity index (χ0n) is 7.46. The van der Waals surface area contributed by atoms with Gasteiger partial charge in [0.25, 0.3) is 0 Å². The van der Waals surface area contributed by atoms with Crippen molar-refractivity contribution in [3.8, 4) is 0 Å². The van der Waals surface area contributed by atoms with Crippen molar-refractivity contribution in [3.63, 3.8) is 0 Å². The molecule has 2 rings (SSSR count). The molecule has 2 aromatic heterocycles. The molecule has 1 N–H and O–H groups in total. The van der Waals surface area contributed by atoms with Crippen LogP contribution in [0.3, 0.4) is 0 Å². The van der Waals surface area contributed by atoms with Gasteiger partial charge < -0.3 is 4.80 Å². The van der Waals surface area contributed by atoms with Crippen LogP contribution in [-0.2, 0) is 0 Å². The van der Waals surface area contributed by atoms with Crippen molar-refractivity contribution in [2.24, 2.45) is 0 Å². The number of aromatic nitrogens is 2. The Morgan fingerprint density at radius 1 is 0.857 bits per heavy atom. The molecular formula is C10H9N2OSi. The highest BCUT2D eigenvalue weighted by Gasteiger charge is 2.16. The minimum Gasteiger partial charge on any atom is -0.422 e. The molecule has 4 heteroatoms. The van der Waals surface area contributed by atoms with Gasteiger partial charge in [0.2, 0.25) is 0 Å². The van der Waals surface area contributed by atoms with Crippen LogP contribution in [0.25, 0.3) is 0 Å². The third-order valence-electron chi connectivity index (χ3n) is 1.82. The fraction of sp³-hybridized carbons (Fsp3) is 0. The van der Waals surface area contributed by atoms with Crippen LogP contribution in [0.1, 0.15) is 0 Å². The van der Waals surface area contributed by atoms with E-state index in [4.69, 9.17) is 0 Å². The summed E-state index contributed by atoms with van der Waals surface area (Å²) in [6.45, 7) is 0. The van der Waals surface area contributed by atoms with Gasteiger partial charge in [-0.3, -0.25) is 9.97 Å². The van der Waals surface area contributed by atoms with Gasteiger partial charge in [0.15, 0.2) is 0 Å². The average Bonchev–Trinajstić information content (AvgIpc) is 2.30. The largest absolute Gasteiger partial charge is 0.422 e. The standard InChI is InChI=1S/C10H9N2OSi/c13-14(9-5-1-3-7-11-9)10-6-2-4-8-12-10/h1-8,13H. The molecule has 1 radical (unpaired) electrons. The van der Waals surface area contributed by atoms with Crippen molar-refractivity contribution in [1.29, 1.82) is 0 Å². The van der Waals surface area contributed by atoms with Crippen molar-refractivity contribution in [3.05, 3.63) is 48.8 Å². The minimum absolute atomic E-state index is 0.719. The number of pyridine rings is 2. The van der Waals surface area contributed by atoms with E-state index in [9.17, 15) is 4.80 Å². The second kappa shape index (κ2) is 4.12. The zero-order chi connectivity index (χ0) is 9.80. The van der Waals surface area contributed by atoms with Crippen molar-refractivity contribution in [2.75, 3.05) is 0 Å². The maximum absolute atomic E-state index is 9.97. The summed E-state index contributed by atoms with van der Waals surface area (Å²) in [5, 5.41) is 1.44. The summed E-state index contributed by atoms with van der Waals surface area (Å²) >= 11 is 0. The molecule has 0 aliphatic heterocycles. The van der Waals surface area contributed by atoms with Crippen LogP contribution in [0.15, 0.2) is 48.8 Å². The second-order valence-corrected chi connectivity index (χ2v) is 4.50. The smallest absolute Gasteiger partial charge is 0.319 e. The van der Waals surface area contributed by atoms with Crippen LogP contribution in [0.5, 0.6) is 0 Å². The first-order chi connectivity index (χ1) is 6.88. The molecule has 0 fully saturated rings. The van der Waals surface area contributed by atoms with Crippen molar-refractivity contribution < 1.29 is 4.80 Å². The van der Waals surface area contributed by atoms with E-state index in [-0.39, 0.29) is 0 Å². The predicted octanol–water partition coefficient (Wildman–Crippen LogP) is -0.425. The van der Waals surface area contributed by atoms with E-state index < -0.39 is 9.04 Å². The predicted molar refractivity (Wildman–Crippen MR) is 55.7 cm³/mol. The maximum Gasteiger partial charge on any atom is 0.319 e. The van der Waals surface area contributed by atoms with Crippen LogP contribution in [0, 0.1) is 0 Å². The van der Waals surface area contributed by atoms with Crippen LogP contribution in [-0.4, -0.2) is 23.8 Å². The van der Waals surface area contributed by atoms with E-state index in [1.165, 1.54) is 0 Å². The number of hydrogen-bond acceptors (Lipinski definition) is 3. The van der Waals surface area contributed by atoms with E-state index in [1.807, 2.05) is 36.4 Å². The first kappa shape index (κ1) is 9.05. The Balaban J connectivity index is 2.30. The van der Waals surface area contributed by atoms with Crippen molar-refractivity contribution in [2.45, 2.75) is 0 Å². The Bertz CT molecular complexity index is 354. The van der Waals surface area contributed by atoms with E-state index in [1.54, 1.807) is 12.4 Å². The molecule has 0 bridgehead atoms. The molecule has 0 saturated carbocycles. The molecule has 0 aromatic carbocycles. The van der Waals surface area contributed by atoms with E-state index in [0.717, 1.165) is 10.6 Å². The molecule has 2 aromatic rings. The molecule has 14 heavy (non-hydrogen) atoms. The highest BCUT2D eigenvalue weighted by atomic mass is 28.3. The molecule has 0 unspecified atom stereocenters. The summed E-state index contributed by atoms with van der Waals surface area (Å²) in [6, 6.07) is 11.0. The van der Waals surface area contributed by atoms with Crippen LogP contribution >= 0.6 is 0 Å². The van der Waals surface area contributed by atoms with Crippen LogP contribution in [0.2, 0.25) is 0 Å². The third kappa shape index (κ3) is 1.86. The lowest BCUT2D eigenvalue weighted by atomic mass is 10.5. The Morgan fingerprint density at radius 3 is 1.71 bits per heavy atom. The lowest BCUT2D eigenvalue weighted by Gasteiger charge is -2.04. The monoisotopic (exact) mass is 201 g/mol. The summed E-state index contributed by atoms with van der Waals surface area (Å²) in [4.78, 5) is 18.2. The van der Waals surface area contributed by atoms with Crippen LogP contribution in [0.4, 0.5) is 0 Å². The molecule has 0 saturated heterocycles. The molecular weight excluding hydrogens is 192 g/mol. The summed E-state index contributed by atoms with van der Waals surface area (Å²) in [7, 11) is -1.77. The Labute approximate surface area is 83.8 Å². The normalized spacial score (nSPS) is 10.4. The summed E-state index contributed by atoms with van der Waals surface area (Å²) in [5.74, 6) is 0. The van der Waals surface area contributed by atoms with Gasteiger partial charge in [-0.05, 0) is 24.3 Å². The first-order valence-electron chi connectivity index (χ1n) is 4.26. The fourth-order valence-electron chi connectivity index (χ4n) is 1.14. The van der Waals surface area contributed by atoms with Crippen molar-refractivity contribution >= 4 is 19.7 Å². The SMILES string of the molecule is O[Si](c1ccccn1)c1ccccn1. The summed E-state index contributed by atoms with van der Waals surface area (Å²) in [6.07, 6.45) is 3.36. The fourth-order valence-corrected chi connectivity index (χ4v) is 2.30. The topological polar surface area (TPSA) is 46.0 Å². The van der Waals surface area contributed by atoms with Gasteiger partial charge in [-0.1, -0.05) is 12.1 Å². The quantitative estimate of drug-likeness (QED) is 0.671. The molecule has 2 heterocycles. The lowest BCUT2D eigenvalue weighted by molar-refractivity contribution is 0.597. The van der Waals surface area contributed by atoms with Crippen LogP contribution < -0.4 is 10.6 Å². The Kier molecular flexibility index (Phi) is 2.67. The van der Waals surface area contributed by atoms with Gasteiger partial charge in [-0.15, -0.1) is 0 Å². The summed E-state index contributed by atoms with van der Waals surface area (Å²) in [5.41, 5.74) is 0. The molecule has 0 spiro atoms. The Morgan fingerprint density at radius 2 is 1.36 bits per heavy atom. The van der Waals surface area contributed by atoms with Gasteiger partial charge in [0.05, 0.1) is 10.6 Å². The second-order valence-electron chi connectivity index (χ2n) is 2.78. The molecule has 3 nitrogen and oxygen atoms in total. The van der Waals surface area contributed by atoms with Gasteiger partial charge in [0.1, 0.15) is 0 Å². The molecule has 69 valence electrons. The number of rotatable bonds is 2. The number of hydrogen-bond donors (Lipinski definition) is 1. The van der Waals surface area contributed by atoms with Crippen molar-refractivity contribution in [1.82, 2.24) is 9.97 Å². The third-order valence-corrected chi connectivity index (χ3v) is 3.38. The summed E-state index contributed by atoms with van der Waals surface area (Å²) < 4.78 is 0. The zero-order valence-corrected chi connectivity index (χ0v) is 8.46. The van der Waals surface area contributed by atoms with Gasteiger partial charge in [-0.2, -0.15) is 0 Å². The number of nitrogens with zero attached hydrogens (tertiary/aromatic N) is 2. The van der Waals surface area contributed by atoms with E-state index in [0.29, 0.717) is 0 Å². The first-order valence-corrected chi connectivity index (χ1v) is 5.71. The van der Waals surface area contributed by atoms with Gasteiger partial charge in [0, 0.05) is 12.4 Å². The lowest BCUT2D eigenvalue weighted by Crippen LogP contribution is -2.45. The molecule has 0 aliphatic rings. The van der Waals surface area contributed by atoms with E-state index in [2.05, 4.69) is 9.97 Å². The molecule has 0 atom stereocenters. The average molecular weight is 201 g/mol.